The summed E-state index contributed by atoms with van der Waals surface area (Å²) in [6.07, 6.45) is -2.79. The Kier molecular flexibility index (Phi) is 5.54. The van der Waals surface area contributed by atoms with Crippen LogP contribution >= 0.6 is 0 Å². The molecule has 1 amide bonds. The molecule has 0 unspecified atom stereocenters. The lowest BCUT2D eigenvalue weighted by atomic mass is 10.0. The molecule has 170 valence electrons. The molecule has 0 fully saturated rings. The van der Waals surface area contributed by atoms with E-state index in [4.69, 9.17) is 4.42 Å². The number of fused-ring (bicyclic) bond motifs is 1. The van der Waals surface area contributed by atoms with Crippen molar-refractivity contribution in [2.45, 2.75) is 12.4 Å². The number of carbonyl (C=O) groups is 1. The Labute approximate surface area is 180 Å². The van der Waals surface area contributed by atoms with Crippen LogP contribution in [0.4, 0.5) is 22.0 Å². The normalized spacial score (nSPS) is 12.5. The molecule has 0 saturated heterocycles. The minimum absolute atomic E-state index is 0.0891. The van der Waals surface area contributed by atoms with Crippen molar-refractivity contribution in [3.05, 3.63) is 87.9 Å². The maximum atomic E-state index is 14.4. The molecule has 0 radical (unpaired) electrons. The quantitative estimate of drug-likeness (QED) is 0.435. The number of amides is 1. The van der Waals surface area contributed by atoms with E-state index in [-0.39, 0.29) is 28.1 Å². The first kappa shape index (κ1) is 21.9. The van der Waals surface area contributed by atoms with Crippen molar-refractivity contribution >= 4 is 17.0 Å². The minimum atomic E-state index is -5.12. The third-order valence-corrected chi connectivity index (χ3v) is 4.39. The monoisotopic (exact) mass is 466 g/mol. The molecular formula is C20H11F5N4O4. The van der Waals surface area contributed by atoms with Gasteiger partial charge in [0.05, 0.1) is 17.8 Å². The van der Waals surface area contributed by atoms with Crippen LogP contribution < -0.4 is 15.8 Å². The largest absolute Gasteiger partial charge is 0.573 e. The highest BCUT2D eigenvalue weighted by molar-refractivity contribution is 5.95. The molecule has 13 heteroatoms. The van der Waals surface area contributed by atoms with Crippen molar-refractivity contribution in [3.63, 3.8) is 0 Å². The number of nitrogens with zero attached hydrogens (tertiary/aromatic N) is 2. The molecule has 3 aromatic heterocycles. The third kappa shape index (κ3) is 4.81. The highest BCUT2D eigenvalue weighted by Gasteiger charge is 2.33. The number of aromatic nitrogens is 3. The van der Waals surface area contributed by atoms with Gasteiger partial charge in [0.1, 0.15) is 17.2 Å². The Bertz CT molecular complexity index is 1400. The number of rotatable bonds is 5. The number of nitrogens with one attached hydrogen (secondary N) is 2. The number of ether oxygens (including phenoxy) is 1. The molecular weight excluding hydrogens is 455 g/mol. The molecule has 0 aliphatic heterocycles. The van der Waals surface area contributed by atoms with Gasteiger partial charge in [-0.2, -0.15) is 0 Å². The number of alkyl halides is 3. The van der Waals surface area contributed by atoms with Crippen LogP contribution in [-0.4, -0.2) is 27.2 Å². The molecule has 0 aliphatic carbocycles. The molecule has 0 aliphatic rings. The topological polar surface area (TPSA) is 110 Å². The van der Waals surface area contributed by atoms with Crippen molar-refractivity contribution in [1.29, 1.82) is 0 Å². The fourth-order valence-electron chi connectivity index (χ4n) is 3.01. The maximum Gasteiger partial charge on any atom is 0.573 e. The number of halogens is 5. The molecule has 8 nitrogen and oxygen atoms in total. The number of carbonyl (C=O) groups excluding carboxylic acids is 1. The SMILES string of the molecule is O=C(N[C@@H](c1ccc(OC(F)(F)F)c(F)c1)c1ncccc1F)c1cc2[nH]c(=O)oc2cn1. The van der Waals surface area contributed by atoms with Gasteiger partial charge in [-0.1, -0.05) is 6.07 Å². The van der Waals surface area contributed by atoms with Crippen molar-refractivity contribution in [3.8, 4) is 5.75 Å². The highest BCUT2D eigenvalue weighted by Crippen LogP contribution is 2.30. The van der Waals surface area contributed by atoms with Crippen molar-refractivity contribution in [2.24, 2.45) is 0 Å². The first-order valence-electron chi connectivity index (χ1n) is 9.06. The van der Waals surface area contributed by atoms with E-state index in [1.807, 2.05) is 0 Å². The number of pyridine rings is 2. The van der Waals surface area contributed by atoms with Crippen LogP contribution in [0.5, 0.6) is 5.75 Å². The van der Waals surface area contributed by atoms with E-state index >= 15 is 0 Å². The lowest BCUT2D eigenvalue weighted by Crippen LogP contribution is -2.31. The first-order valence-corrected chi connectivity index (χ1v) is 9.06. The summed E-state index contributed by atoms with van der Waals surface area (Å²) in [7, 11) is 0. The summed E-state index contributed by atoms with van der Waals surface area (Å²) in [6, 6.07) is 4.48. The smallest absolute Gasteiger partial charge is 0.406 e. The number of oxazole rings is 1. The van der Waals surface area contributed by atoms with E-state index in [9.17, 15) is 31.5 Å². The Morgan fingerprint density at radius 3 is 2.61 bits per heavy atom. The molecule has 4 aromatic rings. The van der Waals surface area contributed by atoms with Crippen LogP contribution in [0.25, 0.3) is 11.1 Å². The van der Waals surface area contributed by atoms with E-state index in [2.05, 4.69) is 25.0 Å². The Morgan fingerprint density at radius 1 is 1.12 bits per heavy atom. The number of hydrogen-bond donors (Lipinski definition) is 2. The van der Waals surface area contributed by atoms with Gasteiger partial charge in [-0.25, -0.2) is 18.6 Å². The highest BCUT2D eigenvalue weighted by atomic mass is 19.4. The second-order valence-corrected chi connectivity index (χ2v) is 6.59. The Morgan fingerprint density at radius 2 is 1.91 bits per heavy atom. The first-order chi connectivity index (χ1) is 15.6. The zero-order valence-electron chi connectivity index (χ0n) is 16.1. The van der Waals surface area contributed by atoms with Gasteiger partial charge in [-0.15, -0.1) is 13.2 Å². The average Bonchev–Trinajstić information content (AvgIpc) is 3.12. The maximum absolute atomic E-state index is 14.4. The van der Waals surface area contributed by atoms with E-state index in [0.29, 0.717) is 12.1 Å². The lowest BCUT2D eigenvalue weighted by molar-refractivity contribution is -0.275. The molecule has 3 heterocycles. The fraction of sp³-hybridized carbons (Fsp3) is 0.100. The van der Waals surface area contributed by atoms with Gasteiger partial charge in [-0.3, -0.25) is 14.8 Å². The van der Waals surface area contributed by atoms with Crippen LogP contribution in [-0.2, 0) is 0 Å². The van der Waals surface area contributed by atoms with Crippen LogP contribution in [0.1, 0.15) is 27.8 Å². The summed E-state index contributed by atoms with van der Waals surface area (Å²) in [5.41, 5.74) is -0.400. The van der Waals surface area contributed by atoms with Gasteiger partial charge in [0.25, 0.3) is 5.91 Å². The van der Waals surface area contributed by atoms with Gasteiger partial charge >= 0.3 is 12.1 Å². The van der Waals surface area contributed by atoms with Crippen LogP contribution in [0.2, 0.25) is 0 Å². The van der Waals surface area contributed by atoms with Crippen LogP contribution in [0.3, 0.4) is 0 Å². The standard InChI is InChI=1S/C20H11F5N4O4/c21-10-2-1-5-26-17(10)16(9-3-4-14(11(22)6-9)33-20(23,24)25)29-18(30)13-7-12-15(8-27-13)32-19(31)28-12/h1-8,16H,(H,28,31)(H,29,30)/t16-/m0/s1. The average molecular weight is 466 g/mol. The van der Waals surface area contributed by atoms with E-state index < -0.39 is 41.5 Å². The summed E-state index contributed by atoms with van der Waals surface area (Å²) in [4.78, 5) is 34.1. The fourth-order valence-corrected chi connectivity index (χ4v) is 3.01. The molecule has 33 heavy (non-hydrogen) atoms. The van der Waals surface area contributed by atoms with Crippen molar-refractivity contribution in [2.75, 3.05) is 0 Å². The number of H-pyrrole nitrogens is 1. The number of aromatic amines is 1. The summed E-state index contributed by atoms with van der Waals surface area (Å²) in [6.45, 7) is 0. The second-order valence-electron chi connectivity index (χ2n) is 6.59. The predicted molar refractivity (Wildman–Crippen MR) is 101 cm³/mol. The molecule has 0 saturated carbocycles. The van der Waals surface area contributed by atoms with Crippen molar-refractivity contribution in [1.82, 2.24) is 20.3 Å². The third-order valence-electron chi connectivity index (χ3n) is 4.39. The van der Waals surface area contributed by atoms with Gasteiger partial charge in [-0.05, 0) is 35.9 Å². The minimum Gasteiger partial charge on any atom is -0.406 e. The van der Waals surface area contributed by atoms with E-state index in [1.54, 1.807) is 0 Å². The molecule has 1 atom stereocenters. The van der Waals surface area contributed by atoms with E-state index in [0.717, 1.165) is 18.3 Å². The second kappa shape index (κ2) is 8.33. The predicted octanol–water partition coefficient (Wildman–Crippen LogP) is 3.61. The zero-order chi connectivity index (χ0) is 23.8. The zero-order valence-corrected chi connectivity index (χ0v) is 16.1. The molecule has 1 aromatic carbocycles. The summed E-state index contributed by atoms with van der Waals surface area (Å²) in [5, 5.41) is 2.42. The van der Waals surface area contributed by atoms with Gasteiger partial charge in [0.15, 0.2) is 17.1 Å². The van der Waals surface area contributed by atoms with Crippen molar-refractivity contribution < 1.29 is 35.9 Å². The summed E-state index contributed by atoms with van der Waals surface area (Å²) in [5.74, 6) is -4.99. The Hall–Kier alpha value is -4.29. The van der Waals surface area contributed by atoms with Crippen LogP contribution in [0.15, 0.2) is 58.0 Å². The lowest BCUT2D eigenvalue weighted by Gasteiger charge is -2.20. The molecule has 2 N–H and O–H groups in total. The molecule has 0 bridgehead atoms. The Balaban J connectivity index is 1.71. The summed E-state index contributed by atoms with van der Waals surface area (Å²) < 4.78 is 74.4. The van der Waals surface area contributed by atoms with E-state index in [1.165, 1.54) is 18.3 Å². The van der Waals surface area contributed by atoms with Gasteiger partial charge in [0, 0.05) is 6.20 Å². The van der Waals surface area contributed by atoms with Gasteiger partial charge in [0.2, 0.25) is 0 Å². The summed E-state index contributed by atoms with van der Waals surface area (Å²) >= 11 is 0. The molecule has 4 rings (SSSR count). The molecule has 0 spiro atoms. The number of hydrogen-bond acceptors (Lipinski definition) is 6. The van der Waals surface area contributed by atoms with Crippen LogP contribution in [0, 0.1) is 11.6 Å². The number of benzene rings is 1. The van der Waals surface area contributed by atoms with Gasteiger partial charge < -0.3 is 14.5 Å².